The highest BCUT2D eigenvalue weighted by Crippen LogP contribution is 2.36. The molecular weight excluding hydrogens is 628 g/mol. The lowest BCUT2D eigenvalue weighted by molar-refractivity contribution is 0.0951. The van der Waals surface area contributed by atoms with Crippen LogP contribution < -0.4 is 10.5 Å². The van der Waals surface area contributed by atoms with Crippen LogP contribution in [0.25, 0.3) is 0 Å². The smallest absolute Gasteiger partial charge is 0.251 e. The summed E-state index contributed by atoms with van der Waals surface area (Å²) in [7, 11) is -8.19. The summed E-state index contributed by atoms with van der Waals surface area (Å²) in [5, 5.41) is 18.0. The van der Waals surface area contributed by atoms with Crippen LogP contribution in [0.5, 0.6) is 5.75 Å². The largest absolute Gasteiger partial charge is 0.505 e. The van der Waals surface area contributed by atoms with Gasteiger partial charge in [-0.05, 0) is 65.2 Å². The summed E-state index contributed by atoms with van der Waals surface area (Å²) in [5.74, 6) is -1.55. The SMILES string of the molecule is NS(=O)(=O)c1ccc(CNC(=O)c2ccc(CN(Cc3ccc(F)cc3)S(=O)(=O)c3cc(Cl)cc(Cl)c3O)cc2)cc1. The Morgan fingerprint density at radius 1 is 0.833 bits per heavy atom. The zero-order valence-electron chi connectivity index (χ0n) is 21.7. The second-order valence-electron chi connectivity index (χ2n) is 9.20. The number of halogens is 3. The Balaban J connectivity index is 1.53. The molecule has 0 bridgehead atoms. The van der Waals surface area contributed by atoms with Gasteiger partial charge < -0.3 is 10.4 Å². The van der Waals surface area contributed by atoms with Gasteiger partial charge in [0.15, 0.2) is 5.75 Å². The number of carbonyl (C=O) groups is 1. The minimum atomic E-state index is -4.37. The molecule has 0 radical (unpaired) electrons. The van der Waals surface area contributed by atoms with Gasteiger partial charge >= 0.3 is 0 Å². The summed E-state index contributed by atoms with van der Waals surface area (Å²) in [5.41, 5.74) is 1.95. The Bertz CT molecular complexity index is 1820. The number of aromatic hydroxyl groups is 1. The van der Waals surface area contributed by atoms with E-state index >= 15 is 0 Å². The van der Waals surface area contributed by atoms with E-state index < -0.39 is 42.4 Å². The third kappa shape index (κ3) is 7.65. The molecule has 1 amide bonds. The van der Waals surface area contributed by atoms with Crippen LogP contribution in [0.4, 0.5) is 4.39 Å². The number of primary sulfonamides is 1. The number of hydrogen-bond donors (Lipinski definition) is 3. The Morgan fingerprint density at radius 3 is 1.90 bits per heavy atom. The van der Waals surface area contributed by atoms with Crippen molar-refractivity contribution in [3.63, 3.8) is 0 Å². The average molecular weight is 653 g/mol. The fourth-order valence-corrected chi connectivity index (χ4v) is 6.62. The van der Waals surface area contributed by atoms with Crippen molar-refractivity contribution < 1.29 is 31.1 Å². The number of sulfonamides is 2. The van der Waals surface area contributed by atoms with Gasteiger partial charge in [0.05, 0.1) is 9.92 Å². The summed E-state index contributed by atoms with van der Waals surface area (Å²) < 4.78 is 64.7. The molecule has 220 valence electrons. The number of hydrogen-bond acceptors (Lipinski definition) is 6. The highest BCUT2D eigenvalue weighted by Gasteiger charge is 2.29. The first-order chi connectivity index (χ1) is 19.7. The van der Waals surface area contributed by atoms with Crippen molar-refractivity contribution >= 4 is 49.2 Å². The summed E-state index contributed by atoms with van der Waals surface area (Å²) >= 11 is 12.0. The molecule has 0 heterocycles. The van der Waals surface area contributed by atoms with Crippen LogP contribution >= 0.6 is 23.2 Å². The molecule has 42 heavy (non-hydrogen) atoms. The van der Waals surface area contributed by atoms with E-state index in [2.05, 4.69) is 5.32 Å². The van der Waals surface area contributed by atoms with Crippen LogP contribution in [0.3, 0.4) is 0 Å². The van der Waals surface area contributed by atoms with Gasteiger partial charge in [-0.15, -0.1) is 0 Å². The summed E-state index contributed by atoms with van der Waals surface area (Å²) in [4.78, 5) is 12.1. The quantitative estimate of drug-likeness (QED) is 0.224. The predicted molar refractivity (Wildman–Crippen MR) is 156 cm³/mol. The molecule has 0 saturated heterocycles. The Labute approximate surface area is 252 Å². The van der Waals surface area contributed by atoms with Crippen molar-refractivity contribution in [3.8, 4) is 5.75 Å². The predicted octanol–water partition coefficient (Wildman–Crippen LogP) is 4.81. The first kappa shape index (κ1) is 31.4. The van der Waals surface area contributed by atoms with E-state index in [1.165, 1.54) is 66.7 Å². The number of nitrogens with zero attached hydrogens (tertiary/aromatic N) is 1. The van der Waals surface area contributed by atoms with Crippen molar-refractivity contribution in [3.05, 3.63) is 123 Å². The Morgan fingerprint density at radius 2 is 1.36 bits per heavy atom. The second-order valence-corrected chi connectivity index (χ2v) is 13.5. The summed E-state index contributed by atoms with van der Waals surface area (Å²) in [6, 6.07) is 19.5. The van der Waals surface area contributed by atoms with E-state index in [0.29, 0.717) is 22.3 Å². The third-order valence-electron chi connectivity index (χ3n) is 6.16. The van der Waals surface area contributed by atoms with Gasteiger partial charge in [0.25, 0.3) is 5.91 Å². The number of phenols is 1. The fraction of sp³-hybridized carbons (Fsp3) is 0.107. The van der Waals surface area contributed by atoms with Crippen LogP contribution in [0, 0.1) is 5.82 Å². The topological polar surface area (TPSA) is 147 Å². The lowest BCUT2D eigenvalue weighted by atomic mass is 10.1. The van der Waals surface area contributed by atoms with E-state index in [4.69, 9.17) is 28.3 Å². The van der Waals surface area contributed by atoms with Gasteiger partial charge in [-0.3, -0.25) is 4.79 Å². The van der Waals surface area contributed by atoms with E-state index in [9.17, 15) is 31.1 Å². The number of rotatable bonds is 10. The standard InChI is InChI=1S/C28H24Cl2FN3O6S2/c29-22-13-25(30)27(35)26(14-22)42(39,40)34(17-20-3-9-23(31)10-4-20)16-19-1-7-21(8-2-19)28(36)33-15-18-5-11-24(12-6-18)41(32,37)38/h1-14,35H,15-17H2,(H,33,36)(H2,32,37,38). The molecule has 0 fully saturated rings. The Hall–Kier alpha value is -3.52. The number of benzene rings is 4. The molecule has 4 aromatic carbocycles. The van der Waals surface area contributed by atoms with Gasteiger partial charge in [-0.2, -0.15) is 4.31 Å². The third-order valence-corrected chi connectivity index (χ3v) is 9.40. The van der Waals surface area contributed by atoms with Gasteiger partial charge in [0.1, 0.15) is 10.7 Å². The molecule has 14 heteroatoms. The lowest BCUT2D eigenvalue weighted by Crippen LogP contribution is -2.30. The first-order valence-corrected chi connectivity index (χ1v) is 15.9. The molecular formula is C28H24Cl2FN3O6S2. The number of amides is 1. The van der Waals surface area contributed by atoms with E-state index in [0.717, 1.165) is 10.4 Å². The maximum atomic E-state index is 13.7. The summed E-state index contributed by atoms with van der Waals surface area (Å²) in [6.07, 6.45) is 0. The monoisotopic (exact) mass is 651 g/mol. The zero-order chi connectivity index (χ0) is 30.7. The first-order valence-electron chi connectivity index (χ1n) is 12.2. The molecule has 0 aromatic heterocycles. The molecule has 0 unspecified atom stereocenters. The zero-order valence-corrected chi connectivity index (χ0v) is 24.8. The van der Waals surface area contributed by atoms with Crippen LogP contribution in [-0.2, 0) is 39.7 Å². The van der Waals surface area contributed by atoms with E-state index in [1.807, 2.05) is 0 Å². The van der Waals surface area contributed by atoms with Gasteiger partial charge in [0, 0.05) is 30.2 Å². The molecule has 0 saturated carbocycles. The number of nitrogens with two attached hydrogens (primary N) is 1. The molecule has 9 nitrogen and oxygen atoms in total. The minimum Gasteiger partial charge on any atom is -0.505 e. The summed E-state index contributed by atoms with van der Waals surface area (Å²) in [6.45, 7) is -0.207. The van der Waals surface area contributed by atoms with Crippen LogP contribution in [0.15, 0.2) is 94.7 Å². The molecule has 0 atom stereocenters. The number of phenolic OH excluding ortho intramolecular Hbond substituents is 1. The lowest BCUT2D eigenvalue weighted by Gasteiger charge is -2.23. The van der Waals surface area contributed by atoms with Crippen molar-refractivity contribution in [2.45, 2.75) is 29.4 Å². The Kier molecular flexibility index (Phi) is 9.56. The average Bonchev–Trinajstić information content (AvgIpc) is 2.94. The normalized spacial score (nSPS) is 11.9. The maximum absolute atomic E-state index is 13.7. The number of nitrogens with one attached hydrogen (secondary N) is 1. The molecule has 4 rings (SSSR count). The van der Waals surface area contributed by atoms with E-state index in [-0.39, 0.29) is 34.6 Å². The molecule has 0 aliphatic heterocycles. The van der Waals surface area contributed by atoms with Crippen LogP contribution in [0.1, 0.15) is 27.0 Å². The van der Waals surface area contributed by atoms with Crippen molar-refractivity contribution in [1.29, 1.82) is 0 Å². The van der Waals surface area contributed by atoms with Gasteiger partial charge in [-0.1, -0.05) is 59.6 Å². The minimum absolute atomic E-state index is 0.00817. The number of carbonyl (C=O) groups excluding carboxylic acids is 1. The van der Waals surface area contributed by atoms with Crippen molar-refractivity contribution in [2.24, 2.45) is 5.14 Å². The van der Waals surface area contributed by atoms with Gasteiger partial charge in [-0.25, -0.2) is 26.4 Å². The van der Waals surface area contributed by atoms with Crippen LogP contribution in [-0.4, -0.2) is 32.2 Å². The molecule has 0 aliphatic rings. The van der Waals surface area contributed by atoms with Crippen LogP contribution in [0.2, 0.25) is 10.0 Å². The van der Waals surface area contributed by atoms with Gasteiger partial charge in [0.2, 0.25) is 20.0 Å². The van der Waals surface area contributed by atoms with Crippen molar-refractivity contribution in [1.82, 2.24) is 9.62 Å². The highest BCUT2D eigenvalue weighted by molar-refractivity contribution is 7.89. The molecule has 0 aliphatic carbocycles. The maximum Gasteiger partial charge on any atom is 0.251 e. The molecule has 0 spiro atoms. The molecule has 4 aromatic rings. The second kappa shape index (κ2) is 12.8. The highest BCUT2D eigenvalue weighted by atomic mass is 35.5. The van der Waals surface area contributed by atoms with E-state index in [1.54, 1.807) is 12.1 Å². The molecule has 4 N–H and O–H groups in total. The fourth-order valence-electron chi connectivity index (χ4n) is 3.94. The van der Waals surface area contributed by atoms with Crippen molar-refractivity contribution in [2.75, 3.05) is 0 Å².